The summed E-state index contributed by atoms with van der Waals surface area (Å²) in [6, 6.07) is 1.66. The van der Waals surface area contributed by atoms with Gasteiger partial charge in [0, 0.05) is 20.7 Å². The average Bonchev–Trinajstić information content (AvgIpc) is 2.63. The summed E-state index contributed by atoms with van der Waals surface area (Å²) in [5.41, 5.74) is 0.573. The largest absolute Gasteiger partial charge is 0.469 e. The van der Waals surface area contributed by atoms with Crippen LogP contribution in [0.4, 0.5) is 0 Å². The Labute approximate surface area is 100 Å². The van der Waals surface area contributed by atoms with Gasteiger partial charge in [-0.25, -0.2) is 0 Å². The molecule has 1 aromatic heterocycles. The fourth-order valence-electron chi connectivity index (χ4n) is 1.43. The summed E-state index contributed by atoms with van der Waals surface area (Å²) >= 11 is 5.98. The van der Waals surface area contributed by atoms with Crippen LogP contribution in [0, 0.1) is 6.92 Å². The lowest BCUT2D eigenvalue weighted by Crippen LogP contribution is -2.34. The molecule has 16 heavy (non-hydrogen) atoms. The molecule has 0 radical (unpaired) electrons. The summed E-state index contributed by atoms with van der Waals surface area (Å²) in [7, 11) is 3.29. The molecule has 0 spiro atoms. The number of alkyl halides is 1. The van der Waals surface area contributed by atoms with Crippen LogP contribution in [0.3, 0.4) is 0 Å². The number of furan rings is 1. The van der Waals surface area contributed by atoms with E-state index < -0.39 is 0 Å². The molecule has 0 aliphatic heterocycles. The molecule has 1 heterocycles. The normalized spacial score (nSPS) is 12.5. The molecule has 0 aliphatic rings. The van der Waals surface area contributed by atoms with Crippen molar-refractivity contribution >= 4 is 17.5 Å². The van der Waals surface area contributed by atoms with Gasteiger partial charge in [-0.2, -0.15) is 0 Å². The highest BCUT2D eigenvalue weighted by molar-refractivity contribution is 6.21. The monoisotopic (exact) mass is 245 g/mol. The van der Waals surface area contributed by atoms with Crippen LogP contribution >= 0.6 is 11.6 Å². The lowest BCUT2D eigenvalue weighted by Gasteiger charge is -2.19. The second-order valence-electron chi connectivity index (χ2n) is 3.63. The number of amides is 1. The first kappa shape index (κ1) is 13.1. The molecule has 0 bridgehead atoms. The molecule has 1 unspecified atom stereocenters. The van der Waals surface area contributed by atoms with Gasteiger partial charge in [0.05, 0.1) is 23.8 Å². The Balaban J connectivity index is 2.58. The van der Waals surface area contributed by atoms with Crippen molar-refractivity contribution in [1.29, 1.82) is 0 Å². The van der Waals surface area contributed by atoms with E-state index in [-0.39, 0.29) is 11.3 Å². The van der Waals surface area contributed by atoms with E-state index >= 15 is 0 Å². The number of ether oxygens (including phenoxy) is 1. The highest BCUT2D eigenvalue weighted by atomic mass is 35.5. The predicted octanol–water partition coefficient (Wildman–Crippen LogP) is 1.91. The highest BCUT2D eigenvalue weighted by Gasteiger charge is 2.18. The summed E-state index contributed by atoms with van der Waals surface area (Å²) in [4.78, 5) is 13.5. The van der Waals surface area contributed by atoms with Crippen molar-refractivity contribution < 1.29 is 13.9 Å². The minimum Gasteiger partial charge on any atom is -0.469 e. The van der Waals surface area contributed by atoms with Gasteiger partial charge in [-0.1, -0.05) is 0 Å². The first-order valence-corrected chi connectivity index (χ1v) is 5.42. The summed E-state index contributed by atoms with van der Waals surface area (Å²) in [5, 5.41) is -0.203. The number of aryl methyl sites for hydroxylation is 1. The number of hydrogen-bond donors (Lipinski definition) is 0. The Morgan fingerprint density at radius 1 is 1.69 bits per heavy atom. The van der Waals surface area contributed by atoms with E-state index in [1.807, 2.05) is 0 Å². The van der Waals surface area contributed by atoms with E-state index in [0.717, 1.165) is 0 Å². The number of hydrogen-bond acceptors (Lipinski definition) is 3. The molecule has 4 nitrogen and oxygen atoms in total. The van der Waals surface area contributed by atoms with Gasteiger partial charge in [-0.05, 0) is 13.0 Å². The average molecular weight is 246 g/mol. The number of carbonyl (C=O) groups excluding carboxylic acids is 1. The topological polar surface area (TPSA) is 42.7 Å². The summed E-state index contributed by atoms with van der Waals surface area (Å²) in [6.07, 6.45) is 1.50. The molecular formula is C11H16ClNO3. The minimum atomic E-state index is -0.203. The molecular weight excluding hydrogens is 230 g/mol. The zero-order chi connectivity index (χ0) is 12.1. The molecule has 5 heteroatoms. The Kier molecular flexibility index (Phi) is 4.83. The second-order valence-corrected chi connectivity index (χ2v) is 4.25. The lowest BCUT2D eigenvalue weighted by atomic mass is 10.2. The smallest absolute Gasteiger partial charge is 0.257 e. The maximum Gasteiger partial charge on any atom is 0.257 e. The van der Waals surface area contributed by atoms with Crippen molar-refractivity contribution in [1.82, 2.24) is 4.90 Å². The van der Waals surface area contributed by atoms with Crippen molar-refractivity contribution in [2.75, 3.05) is 27.3 Å². The predicted molar refractivity (Wildman–Crippen MR) is 61.9 cm³/mol. The maximum absolute atomic E-state index is 11.9. The van der Waals surface area contributed by atoms with Crippen LogP contribution in [-0.2, 0) is 4.74 Å². The fraction of sp³-hybridized carbons (Fsp3) is 0.545. The van der Waals surface area contributed by atoms with Crippen LogP contribution in [-0.4, -0.2) is 43.5 Å². The number of methoxy groups -OCH3 is 1. The standard InChI is InChI=1S/C11H16ClNO3/c1-8-10(4-5-16-8)11(14)13(2)6-9(12)7-15-3/h4-5,9H,6-7H2,1-3H3. The van der Waals surface area contributed by atoms with Gasteiger partial charge in [0.1, 0.15) is 5.76 Å². The van der Waals surface area contributed by atoms with Crippen LogP contribution < -0.4 is 0 Å². The zero-order valence-electron chi connectivity index (χ0n) is 9.70. The van der Waals surface area contributed by atoms with Crippen molar-refractivity contribution in [2.24, 2.45) is 0 Å². The van der Waals surface area contributed by atoms with Crippen LogP contribution in [0.5, 0.6) is 0 Å². The summed E-state index contributed by atoms with van der Waals surface area (Å²) in [6.45, 7) is 2.62. The van der Waals surface area contributed by atoms with Gasteiger partial charge in [-0.3, -0.25) is 4.79 Å². The molecule has 1 rings (SSSR count). The number of rotatable bonds is 5. The molecule has 0 saturated carbocycles. The fourth-order valence-corrected chi connectivity index (χ4v) is 1.76. The van der Waals surface area contributed by atoms with E-state index in [0.29, 0.717) is 24.5 Å². The van der Waals surface area contributed by atoms with Gasteiger partial charge in [-0.15, -0.1) is 11.6 Å². The van der Waals surface area contributed by atoms with E-state index in [9.17, 15) is 4.79 Å². The molecule has 0 N–H and O–H groups in total. The lowest BCUT2D eigenvalue weighted by molar-refractivity contribution is 0.0780. The third-order valence-corrected chi connectivity index (χ3v) is 2.52. The van der Waals surface area contributed by atoms with E-state index in [4.69, 9.17) is 20.8 Å². The Morgan fingerprint density at radius 3 is 2.88 bits per heavy atom. The van der Waals surface area contributed by atoms with Crippen LogP contribution in [0.25, 0.3) is 0 Å². The number of halogens is 1. The van der Waals surface area contributed by atoms with Crippen molar-refractivity contribution in [3.05, 3.63) is 23.7 Å². The first-order chi connectivity index (χ1) is 7.56. The maximum atomic E-state index is 11.9. The van der Waals surface area contributed by atoms with Gasteiger partial charge in [0.25, 0.3) is 5.91 Å². The molecule has 0 aromatic carbocycles. The molecule has 0 aliphatic carbocycles. The SMILES string of the molecule is COCC(Cl)CN(C)C(=O)c1ccoc1C. The molecule has 90 valence electrons. The second kappa shape index (κ2) is 5.92. The number of carbonyl (C=O) groups is 1. The molecule has 0 fully saturated rings. The van der Waals surface area contributed by atoms with Crippen LogP contribution in [0.15, 0.2) is 16.7 Å². The van der Waals surface area contributed by atoms with Crippen molar-refractivity contribution in [3.63, 3.8) is 0 Å². The van der Waals surface area contributed by atoms with Crippen LogP contribution in [0.2, 0.25) is 0 Å². The Morgan fingerprint density at radius 2 is 2.38 bits per heavy atom. The summed E-state index contributed by atoms with van der Waals surface area (Å²) < 4.78 is 9.99. The quantitative estimate of drug-likeness (QED) is 0.745. The number of nitrogens with zero attached hydrogens (tertiary/aromatic N) is 1. The molecule has 0 saturated heterocycles. The van der Waals surface area contributed by atoms with E-state index in [1.54, 1.807) is 32.0 Å². The zero-order valence-corrected chi connectivity index (χ0v) is 10.5. The van der Waals surface area contributed by atoms with E-state index in [1.165, 1.54) is 6.26 Å². The van der Waals surface area contributed by atoms with Crippen molar-refractivity contribution in [3.8, 4) is 0 Å². The molecule has 1 aromatic rings. The Hall–Kier alpha value is -1.00. The van der Waals surface area contributed by atoms with Gasteiger partial charge in [0.2, 0.25) is 0 Å². The van der Waals surface area contributed by atoms with Crippen molar-refractivity contribution in [2.45, 2.75) is 12.3 Å². The van der Waals surface area contributed by atoms with Crippen LogP contribution in [0.1, 0.15) is 16.1 Å². The first-order valence-electron chi connectivity index (χ1n) is 4.98. The van der Waals surface area contributed by atoms with E-state index in [2.05, 4.69) is 0 Å². The van der Waals surface area contributed by atoms with Gasteiger partial charge < -0.3 is 14.1 Å². The molecule has 1 amide bonds. The Bertz CT molecular complexity index is 351. The van der Waals surface area contributed by atoms with Gasteiger partial charge in [0.15, 0.2) is 0 Å². The summed E-state index contributed by atoms with van der Waals surface area (Å²) in [5.74, 6) is 0.530. The minimum absolute atomic E-state index is 0.0898. The van der Waals surface area contributed by atoms with Gasteiger partial charge >= 0.3 is 0 Å². The highest BCUT2D eigenvalue weighted by Crippen LogP contribution is 2.12. The molecule has 1 atom stereocenters. The third-order valence-electron chi connectivity index (χ3n) is 2.26. The third kappa shape index (κ3) is 3.25.